The van der Waals surface area contributed by atoms with E-state index in [4.69, 9.17) is 21.1 Å². The van der Waals surface area contributed by atoms with E-state index in [0.717, 1.165) is 22.0 Å². The minimum Gasteiger partial charge on any atom is -0.486 e. The number of H-pyrrole nitrogens is 1. The Morgan fingerprint density at radius 1 is 1.09 bits per heavy atom. The Morgan fingerprint density at radius 3 is 2.74 bits per heavy atom. The number of ether oxygens (including phenoxy) is 2. The molecule has 4 aromatic rings. The third-order valence-electron chi connectivity index (χ3n) is 6.01. The monoisotopic (exact) mass is 471 g/mol. The molecule has 5 rings (SSSR count). The van der Waals surface area contributed by atoms with E-state index in [2.05, 4.69) is 16.4 Å². The summed E-state index contributed by atoms with van der Waals surface area (Å²) in [5.74, 6) is 0.902. The molecule has 0 saturated carbocycles. The summed E-state index contributed by atoms with van der Waals surface area (Å²) in [6, 6.07) is 22.9. The summed E-state index contributed by atoms with van der Waals surface area (Å²) in [4.78, 5) is 16.4. The minimum absolute atomic E-state index is 0.142. The summed E-state index contributed by atoms with van der Waals surface area (Å²) in [6.45, 7) is 0.680. The van der Waals surface area contributed by atoms with E-state index < -0.39 is 0 Å². The molecule has 0 fully saturated rings. The van der Waals surface area contributed by atoms with E-state index in [0.29, 0.717) is 35.2 Å². The van der Waals surface area contributed by atoms with Gasteiger partial charge in [-0.2, -0.15) is 5.26 Å². The Labute approximate surface area is 202 Å². The summed E-state index contributed by atoms with van der Waals surface area (Å²) < 4.78 is 11.7. The first-order chi connectivity index (χ1) is 16.6. The van der Waals surface area contributed by atoms with Crippen molar-refractivity contribution in [3.8, 4) is 17.6 Å². The molecule has 1 aliphatic rings. The number of benzene rings is 3. The summed E-state index contributed by atoms with van der Waals surface area (Å²) >= 11 is 6.60. The molecule has 1 aromatic heterocycles. The summed E-state index contributed by atoms with van der Waals surface area (Å²) in [5.41, 5.74) is 3.05. The normalized spacial score (nSPS) is 15.5. The highest BCUT2D eigenvalue weighted by molar-refractivity contribution is 6.32. The van der Waals surface area contributed by atoms with E-state index in [1.807, 2.05) is 60.8 Å². The van der Waals surface area contributed by atoms with Crippen LogP contribution in [0.15, 0.2) is 72.9 Å². The van der Waals surface area contributed by atoms with Crippen molar-refractivity contribution < 1.29 is 14.3 Å². The fraction of sp³-hybridized carbons (Fsp3) is 0.185. The third kappa shape index (κ3) is 4.30. The first kappa shape index (κ1) is 21.9. The average molecular weight is 472 g/mol. The summed E-state index contributed by atoms with van der Waals surface area (Å²) in [5, 5.41) is 13.8. The molecule has 0 spiro atoms. The number of nitriles is 1. The number of hydrogen-bond acceptors (Lipinski definition) is 4. The van der Waals surface area contributed by atoms with Crippen LogP contribution in [0.3, 0.4) is 0 Å². The molecule has 0 unspecified atom stereocenters. The molecule has 6 nitrogen and oxygen atoms in total. The fourth-order valence-electron chi connectivity index (χ4n) is 4.32. The van der Waals surface area contributed by atoms with Crippen LogP contribution in [0.2, 0.25) is 5.02 Å². The molecule has 2 atom stereocenters. The number of halogens is 1. The lowest BCUT2D eigenvalue weighted by molar-refractivity contribution is -0.121. The van der Waals surface area contributed by atoms with Crippen LogP contribution < -0.4 is 14.8 Å². The fourth-order valence-corrected chi connectivity index (χ4v) is 4.62. The van der Waals surface area contributed by atoms with Gasteiger partial charge in [-0.3, -0.25) is 4.79 Å². The maximum atomic E-state index is 13.1. The lowest BCUT2D eigenvalue weighted by Crippen LogP contribution is -2.41. The molecular formula is C27H22ClN3O3. The molecule has 7 heteroatoms. The van der Waals surface area contributed by atoms with Gasteiger partial charge in [0.2, 0.25) is 5.91 Å². The highest BCUT2D eigenvalue weighted by atomic mass is 35.5. The predicted octanol–water partition coefficient (Wildman–Crippen LogP) is 5.17. The molecule has 0 aliphatic carbocycles. The Balaban J connectivity index is 1.37. The number of amides is 1. The van der Waals surface area contributed by atoms with Crippen LogP contribution >= 0.6 is 11.6 Å². The molecule has 0 radical (unpaired) electrons. The van der Waals surface area contributed by atoms with Crippen molar-refractivity contribution in [1.29, 1.82) is 5.26 Å². The molecular weight excluding hydrogens is 450 g/mol. The second-order valence-corrected chi connectivity index (χ2v) is 8.55. The molecule has 34 heavy (non-hydrogen) atoms. The van der Waals surface area contributed by atoms with Crippen LogP contribution in [0.5, 0.6) is 11.5 Å². The van der Waals surface area contributed by atoms with E-state index in [1.54, 1.807) is 12.1 Å². The van der Waals surface area contributed by atoms with Crippen molar-refractivity contribution in [3.05, 3.63) is 94.6 Å². The smallest absolute Gasteiger partial charge is 0.221 e. The topological polar surface area (TPSA) is 87.1 Å². The number of nitrogens with zero attached hydrogens (tertiary/aromatic N) is 1. The van der Waals surface area contributed by atoms with Crippen molar-refractivity contribution in [3.63, 3.8) is 0 Å². The summed E-state index contributed by atoms with van der Waals surface area (Å²) in [7, 11) is 0. The maximum Gasteiger partial charge on any atom is 0.221 e. The van der Waals surface area contributed by atoms with Gasteiger partial charge in [0.25, 0.3) is 0 Å². The van der Waals surface area contributed by atoms with E-state index >= 15 is 0 Å². The first-order valence-corrected chi connectivity index (χ1v) is 11.4. The van der Waals surface area contributed by atoms with Gasteiger partial charge in [-0.25, -0.2) is 0 Å². The Morgan fingerprint density at radius 2 is 1.88 bits per heavy atom. The predicted molar refractivity (Wildman–Crippen MR) is 130 cm³/mol. The van der Waals surface area contributed by atoms with Gasteiger partial charge in [-0.05, 0) is 35.4 Å². The van der Waals surface area contributed by atoms with Gasteiger partial charge in [0.15, 0.2) is 11.5 Å². The van der Waals surface area contributed by atoms with Gasteiger partial charge in [0.05, 0.1) is 17.1 Å². The number of hydrogen-bond donors (Lipinski definition) is 2. The highest BCUT2D eigenvalue weighted by Crippen LogP contribution is 2.38. The zero-order chi connectivity index (χ0) is 23.5. The molecule has 0 bridgehead atoms. The third-order valence-corrected chi connectivity index (χ3v) is 6.43. The molecule has 1 aliphatic heterocycles. The lowest BCUT2D eigenvalue weighted by atomic mass is 9.87. The number of rotatable bonds is 6. The van der Waals surface area contributed by atoms with Gasteiger partial charge in [-0.15, -0.1) is 0 Å². The van der Waals surface area contributed by atoms with Crippen LogP contribution in [0.25, 0.3) is 10.9 Å². The Kier molecular flexibility index (Phi) is 6.11. The molecule has 2 heterocycles. The highest BCUT2D eigenvalue weighted by Gasteiger charge is 2.26. The van der Waals surface area contributed by atoms with Crippen LogP contribution in [0.4, 0.5) is 0 Å². The number of nitrogens with one attached hydrogen (secondary N) is 2. The van der Waals surface area contributed by atoms with Crippen LogP contribution in [0.1, 0.15) is 29.0 Å². The average Bonchev–Trinajstić information content (AvgIpc) is 3.30. The van der Waals surface area contributed by atoms with Crippen molar-refractivity contribution >= 4 is 28.4 Å². The number of aromatic amines is 1. The van der Waals surface area contributed by atoms with E-state index in [-0.39, 0.29) is 24.3 Å². The van der Waals surface area contributed by atoms with Gasteiger partial charge < -0.3 is 19.8 Å². The quantitative estimate of drug-likeness (QED) is 0.406. The molecule has 2 N–H and O–H groups in total. The number of para-hydroxylation sites is 3. The minimum atomic E-state index is -0.332. The van der Waals surface area contributed by atoms with Crippen LogP contribution in [-0.4, -0.2) is 30.1 Å². The van der Waals surface area contributed by atoms with E-state index in [9.17, 15) is 10.1 Å². The maximum absolute atomic E-state index is 13.1. The first-order valence-electron chi connectivity index (χ1n) is 11.0. The van der Waals surface area contributed by atoms with Gasteiger partial charge in [-0.1, -0.05) is 54.1 Å². The lowest BCUT2D eigenvalue weighted by Gasteiger charge is -2.27. The second kappa shape index (κ2) is 9.50. The van der Waals surface area contributed by atoms with Gasteiger partial charge in [0, 0.05) is 29.4 Å². The van der Waals surface area contributed by atoms with Crippen LogP contribution in [-0.2, 0) is 4.79 Å². The Bertz CT molecular complexity index is 1390. The van der Waals surface area contributed by atoms with Crippen molar-refractivity contribution in [2.75, 3.05) is 13.2 Å². The molecule has 1 amide bonds. The Hall–Kier alpha value is -3.95. The van der Waals surface area contributed by atoms with E-state index in [1.165, 1.54) is 0 Å². The summed E-state index contributed by atoms with van der Waals surface area (Å²) in [6.07, 6.45) is 1.80. The number of aromatic nitrogens is 1. The van der Waals surface area contributed by atoms with Crippen LogP contribution in [0, 0.1) is 11.3 Å². The molecule has 0 saturated heterocycles. The number of carbonyl (C=O) groups is 1. The molecule has 3 aromatic carbocycles. The van der Waals surface area contributed by atoms with Gasteiger partial charge >= 0.3 is 0 Å². The van der Waals surface area contributed by atoms with Gasteiger partial charge in [0.1, 0.15) is 18.8 Å². The van der Waals surface area contributed by atoms with Crippen molar-refractivity contribution in [1.82, 2.24) is 10.3 Å². The van der Waals surface area contributed by atoms with Crippen molar-refractivity contribution in [2.24, 2.45) is 0 Å². The number of carbonyl (C=O) groups excluding carboxylic acids is 1. The zero-order valence-corrected chi connectivity index (χ0v) is 19.0. The SMILES string of the molecule is N#Cc1cccc([C@@H](CC(=O)NC[C@@H]2COc3ccccc3O2)c2c[nH]c3ccccc23)c1Cl. The van der Waals surface area contributed by atoms with Crippen molar-refractivity contribution in [2.45, 2.75) is 18.4 Å². The zero-order valence-electron chi connectivity index (χ0n) is 18.3. The molecule has 170 valence electrons. The number of fused-ring (bicyclic) bond motifs is 2. The second-order valence-electron chi connectivity index (χ2n) is 8.17. The largest absolute Gasteiger partial charge is 0.486 e. The standard InChI is InChI=1S/C27H22ClN3O3/c28-27-17(13-29)6-5-8-20(27)21(22-15-30-23-9-2-1-7-19(22)23)12-26(32)31-14-18-16-33-24-10-3-4-11-25(24)34-18/h1-11,15,18,21,30H,12,14,16H2,(H,31,32)/t18-,21-/m1/s1.